The van der Waals surface area contributed by atoms with Crippen molar-refractivity contribution >= 4 is 11.0 Å². The van der Waals surface area contributed by atoms with Crippen LogP contribution in [0.3, 0.4) is 0 Å². The number of carbonyl (C=O) groups excluding carboxylic acids is 1. The first-order chi connectivity index (χ1) is 5.52. The van der Waals surface area contributed by atoms with Gasteiger partial charge >= 0.3 is 85.3 Å². The van der Waals surface area contributed by atoms with E-state index in [0.717, 1.165) is 18.6 Å². The zero-order valence-corrected chi connectivity index (χ0v) is 10.9. The Bertz CT molecular complexity index is 148. The minimum absolute atomic E-state index is 0.238. The molecule has 0 aromatic heterocycles. The predicted molar refractivity (Wildman–Crippen MR) is 51.3 cm³/mol. The van der Waals surface area contributed by atoms with Crippen LogP contribution in [0.15, 0.2) is 0 Å². The Kier molecular flexibility index (Phi) is 6.57. The zero-order chi connectivity index (χ0) is 9.61. The monoisotopic (exact) mass is 305 g/mol. The molecule has 4 heteroatoms. The normalized spacial score (nSPS) is 13.3. The van der Waals surface area contributed by atoms with Gasteiger partial charge < -0.3 is 0 Å². The van der Waals surface area contributed by atoms with Crippen LogP contribution in [0.2, 0.25) is 0 Å². The summed E-state index contributed by atoms with van der Waals surface area (Å²) in [5, 5.41) is 8.77. The van der Waals surface area contributed by atoms with Gasteiger partial charge in [0.25, 0.3) is 0 Å². The van der Waals surface area contributed by atoms with Gasteiger partial charge in [0.1, 0.15) is 0 Å². The Morgan fingerprint density at radius 1 is 1.50 bits per heavy atom. The molecule has 0 radical (unpaired) electrons. The number of hydrogen-bond acceptors (Lipinski definition) is 2. The molecule has 0 aliphatic carbocycles. The van der Waals surface area contributed by atoms with Gasteiger partial charge in [0.2, 0.25) is 0 Å². The number of aliphatic hydroxyl groups excluding tert-OH is 1. The summed E-state index contributed by atoms with van der Waals surface area (Å²) in [6.07, 6.45) is 6.02. The van der Waals surface area contributed by atoms with Crippen LogP contribution in [0.25, 0.3) is 0 Å². The Morgan fingerprint density at radius 3 is 2.50 bits per heavy atom. The minimum atomic E-state index is -0.743. The van der Waals surface area contributed by atoms with Crippen LogP contribution in [0.5, 0.6) is 0 Å². The molecule has 0 aliphatic rings. The standard InChI is InChI=1S/C8H18IO2S/c1-4-5-8(11)9-12(2,3)7-6-10/h10H,4-7H2,1-3H3/q-1. The summed E-state index contributed by atoms with van der Waals surface area (Å²) < 4.78 is 0.463. The van der Waals surface area contributed by atoms with E-state index in [4.69, 9.17) is 5.11 Å². The van der Waals surface area contributed by atoms with Crippen molar-refractivity contribution < 1.29 is 29.7 Å². The first-order valence-electron chi connectivity index (χ1n) is 4.03. The van der Waals surface area contributed by atoms with Gasteiger partial charge in [-0.1, -0.05) is 0 Å². The molecule has 0 aromatic carbocycles. The van der Waals surface area contributed by atoms with Gasteiger partial charge in [0.15, 0.2) is 0 Å². The fourth-order valence-electron chi connectivity index (χ4n) is 0.724. The van der Waals surface area contributed by atoms with Gasteiger partial charge in [0, 0.05) is 0 Å². The van der Waals surface area contributed by atoms with Crippen molar-refractivity contribution in [2.24, 2.45) is 0 Å². The molecule has 0 bridgehead atoms. The Hall–Kier alpha value is 0.710. The summed E-state index contributed by atoms with van der Waals surface area (Å²) in [4.78, 5) is 11.3. The number of aliphatic hydroxyl groups is 1. The molecule has 0 heterocycles. The van der Waals surface area contributed by atoms with Gasteiger partial charge in [-0.3, -0.25) is 0 Å². The first-order valence-corrected chi connectivity index (χ1v) is 10.3. The Labute approximate surface area is 85.1 Å². The first kappa shape index (κ1) is 12.7. The van der Waals surface area contributed by atoms with Crippen LogP contribution in [0, 0.1) is 0 Å². The molecule has 0 fully saturated rings. The van der Waals surface area contributed by atoms with Crippen LogP contribution in [-0.4, -0.2) is 33.8 Å². The van der Waals surface area contributed by atoms with Crippen molar-refractivity contribution in [1.82, 2.24) is 0 Å². The van der Waals surface area contributed by atoms with Gasteiger partial charge in [-0.15, -0.1) is 0 Å². The van der Waals surface area contributed by atoms with E-state index in [9.17, 15) is 4.79 Å². The fraction of sp³-hybridized carbons (Fsp3) is 0.875. The number of rotatable bonds is 6. The summed E-state index contributed by atoms with van der Waals surface area (Å²) >= 11 is -0.313. The summed E-state index contributed by atoms with van der Waals surface area (Å²) in [7, 11) is -0.743. The molecule has 0 atom stereocenters. The summed E-state index contributed by atoms with van der Waals surface area (Å²) in [6.45, 7) is 2.28. The summed E-state index contributed by atoms with van der Waals surface area (Å²) in [5.74, 6) is 0.843. The Morgan fingerprint density at radius 2 is 2.08 bits per heavy atom. The maximum atomic E-state index is 11.3. The van der Waals surface area contributed by atoms with Crippen LogP contribution in [-0.2, 0) is 4.79 Å². The van der Waals surface area contributed by atoms with E-state index >= 15 is 0 Å². The van der Waals surface area contributed by atoms with Crippen LogP contribution < -0.4 is 19.8 Å². The summed E-state index contributed by atoms with van der Waals surface area (Å²) in [6, 6.07) is 0. The molecule has 0 rings (SSSR count). The van der Waals surface area contributed by atoms with Crippen LogP contribution in [0.4, 0.5) is 0 Å². The van der Waals surface area contributed by atoms with Crippen molar-refractivity contribution in [3.05, 3.63) is 0 Å². The number of carbonyl (C=O) groups is 1. The van der Waals surface area contributed by atoms with Crippen LogP contribution >= 0.6 is 7.20 Å². The molecular weight excluding hydrogens is 287 g/mol. The van der Waals surface area contributed by atoms with E-state index in [2.05, 4.69) is 12.5 Å². The molecule has 0 saturated heterocycles. The molecule has 0 aliphatic heterocycles. The van der Waals surface area contributed by atoms with E-state index in [1.165, 1.54) is 0 Å². The van der Waals surface area contributed by atoms with E-state index in [-0.39, 0.29) is 26.4 Å². The van der Waals surface area contributed by atoms with Crippen molar-refractivity contribution in [1.29, 1.82) is 0 Å². The van der Waals surface area contributed by atoms with E-state index in [1.54, 1.807) is 0 Å². The molecule has 1 N–H and O–H groups in total. The second-order valence-corrected chi connectivity index (χ2v) is 16.1. The zero-order valence-electron chi connectivity index (χ0n) is 7.97. The molecule has 12 heavy (non-hydrogen) atoms. The molecule has 0 aromatic rings. The predicted octanol–water partition coefficient (Wildman–Crippen LogP) is -1.63. The third kappa shape index (κ3) is 6.25. The quantitative estimate of drug-likeness (QED) is 0.473. The molecule has 2 nitrogen and oxygen atoms in total. The van der Waals surface area contributed by atoms with Gasteiger partial charge in [0.05, 0.1) is 0 Å². The van der Waals surface area contributed by atoms with Gasteiger partial charge in [-0.2, -0.15) is 0 Å². The Balaban J connectivity index is 3.79. The fourth-order valence-corrected chi connectivity index (χ4v) is 8.22. The van der Waals surface area contributed by atoms with Crippen molar-refractivity contribution in [2.45, 2.75) is 19.8 Å². The molecule has 0 spiro atoms. The molecule has 0 saturated carbocycles. The average Bonchev–Trinajstić information content (AvgIpc) is 1.85. The number of hydrogen-bond donors (Lipinski definition) is 1. The van der Waals surface area contributed by atoms with Gasteiger partial charge in [-0.05, 0) is 0 Å². The van der Waals surface area contributed by atoms with Crippen molar-refractivity contribution in [2.75, 3.05) is 24.9 Å². The van der Waals surface area contributed by atoms with E-state index < -0.39 is 7.20 Å². The molecule has 76 valence electrons. The second kappa shape index (κ2) is 6.21. The van der Waals surface area contributed by atoms with Crippen molar-refractivity contribution in [3.8, 4) is 0 Å². The SMILES string of the molecule is CCCC(=O)[I-]S(C)(C)CCO. The topological polar surface area (TPSA) is 37.3 Å². The van der Waals surface area contributed by atoms with Crippen LogP contribution in [0.1, 0.15) is 19.8 Å². The number of halogens is 1. The average molecular weight is 305 g/mol. The molecular formula is C8H18IO2S-. The third-order valence-corrected chi connectivity index (χ3v) is 9.97. The van der Waals surface area contributed by atoms with E-state index in [0.29, 0.717) is 3.79 Å². The third-order valence-electron chi connectivity index (χ3n) is 1.32. The molecule has 0 unspecified atom stereocenters. The summed E-state index contributed by atoms with van der Waals surface area (Å²) in [5.41, 5.74) is 0. The maximum absolute atomic E-state index is 11.3. The second-order valence-electron chi connectivity index (χ2n) is 3.01. The van der Waals surface area contributed by atoms with Crippen molar-refractivity contribution in [3.63, 3.8) is 0 Å². The molecule has 0 amide bonds. The van der Waals surface area contributed by atoms with E-state index in [1.807, 2.05) is 6.92 Å². The van der Waals surface area contributed by atoms with Gasteiger partial charge in [-0.25, -0.2) is 0 Å².